The Labute approximate surface area is 210 Å². The van der Waals surface area contributed by atoms with Gasteiger partial charge in [0.15, 0.2) is 0 Å². The van der Waals surface area contributed by atoms with Gasteiger partial charge in [-0.05, 0) is 38.0 Å². The third kappa shape index (κ3) is 29.7. The molecule has 1 atom stereocenters. The van der Waals surface area contributed by atoms with Crippen molar-refractivity contribution >= 4 is 5.91 Å². The average Bonchev–Trinajstić information content (AvgIpc) is 2.83. The van der Waals surface area contributed by atoms with Crippen molar-refractivity contribution in [3.8, 4) is 0 Å². The molecular weight excluding hydrogens is 459 g/mol. The number of alkyl halides is 3. The Kier molecular flexibility index (Phi) is 28.1. The van der Waals surface area contributed by atoms with E-state index in [0.29, 0.717) is 25.7 Å². The van der Waals surface area contributed by atoms with Crippen molar-refractivity contribution < 1.29 is 33.3 Å². The summed E-state index contributed by atoms with van der Waals surface area (Å²) >= 11 is 0. The number of aliphatic hydroxyl groups excluding tert-OH is 3. The van der Waals surface area contributed by atoms with Gasteiger partial charge >= 0.3 is 6.18 Å². The minimum Gasteiger partial charge on any atom is -0.509 e. The lowest BCUT2D eigenvalue weighted by Crippen LogP contribution is -2.25. The second kappa shape index (κ2) is 26.4. The molecule has 1 unspecified atom stereocenters. The lowest BCUT2D eigenvalue weighted by atomic mass is 10.1. The molecule has 8 heteroatoms. The normalized spacial score (nSPS) is 13.2. The van der Waals surface area contributed by atoms with E-state index in [1.54, 1.807) is 6.08 Å². The smallest absolute Gasteiger partial charge is 0.389 e. The summed E-state index contributed by atoms with van der Waals surface area (Å²) in [7, 11) is 0. The van der Waals surface area contributed by atoms with Gasteiger partial charge in [-0.3, -0.25) is 4.79 Å². The molecular formula is C27H48F3NO4. The van der Waals surface area contributed by atoms with Crippen molar-refractivity contribution in [2.45, 2.75) is 98.6 Å². The van der Waals surface area contributed by atoms with Gasteiger partial charge in [-0.25, -0.2) is 0 Å². The summed E-state index contributed by atoms with van der Waals surface area (Å²) in [5.41, 5.74) is 0. The molecule has 0 aliphatic rings. The lowest BCUT2D eigenvalue weighted by Gasteiger charge is -2.04. The SMILES string of the molecule is CC.CC.CC(/C=C\C/C=C\C/C(O)=C(/O)CCCC(=O)NCCO)/C=C\CCCCC(F)(F)F. The van der Waals surface area contributed by atoms with Gasteiger partial charge in [-0.15, -0.1) is 0 Å². The van der Waals surface area contributed by atoms with Crippen molar-refractivity contribution in [2.75, 3.05) is 13.2 Å². The minimum absolute atomic E-state index is 0.122. The Morgan fingerprint density at radius 1 is 0.886 bits per heavy atom. The molecule has 0 radical (unpaired) electrons. The second-order valence-electron chi connectivity index (χ2n) is 7.31. The Morgan fingerprint density at radius 2 is 1.51 bits per heavy atom. The first-order valence-electron chi connectivity index (χ1n) is 12.7. The second-order valence-corrected chi connectivity index (χ2v) is 7.31. The van der Waals surface area contributed by atoms with E-state index in [0.717, 1.165) is 0 Å². The van der Waals surface area contributed by atoms with E-state index in [1.807, 2.05) is 65.0 Å². The predicted molar refractivity (Wildman–Crippen MR) is 139 cm³/mol. The van der Waals surface area contributed by atoms with Gasteiger partial charge < -0.3 is 20.6 Å². The van der Waals surface area contributed by atoms with Crippen LogP contribution in [0.15, 0.2) is 48.0 Å². The van der Waals surface area contributed by atoms with Crippen molar-refractivity contribution in [1.29, 1.82) is 0 Å². The van der Waals surface area contributed by atoms with Gasteiger partial charge in [0.05, 0.1) is 6.61 Å². The van der Waals surface area contributed by atoms with Crippen molar-refractivity contribution in [3.63, 3.8) is 0 Å². The molecule has 206 valence electrons. The highest BCUT2D eigenvalue weighted by Crippen LogP contribution is 2.22. The largest absolute Gasteiger partial charge is 0.509 e. The number of carbonyl (C=O) groups is 1. The van der Waals surface area contributed by atoms with Crippen LogP contribution in [0.4, 0.5) is 13.2 Å². The van der Waals surface area contributed by atoms with Crippen LogP contribution in [-0.2, 0) is 4.79 Å². The third-order valence-electron chi connectivity index (χ3n) is 4.29. The zero-order valence-corrected chi connectivity index (χ0v) is 22.2. The van der Waals surface area contributed by atoms with Gasteiger partial charge in [-0.1, -0.05) is 71.1 Å². The number of allylic oxidation sites excluding steroid dienone is 7. The highest BCUT2D eigenvalue weighted by Gasteiger charge is 2.25. The monoisotopic (exact) mass is 507 g/mol. The van der Waals surface area contributed by atoms with Crippen LogP contribution in [0.25, 0.3) is 0 Å². The fourth-order valence-electron chi connectivity index (χ4n) is 2.59. The van der Waals surface area contributed by atoms with E-state index in [4.69, 9.17) is 5.11 Å². The first kappa shape index (κ1) is 37.3. The van der Waals surface area contributed by atoms with E-state index in [2.05, 4.69) is 5.32 Å². The minimum atomic E-state index is -4.07. The summed E-state index contributed by atoms with van der Waals surface area (Å²) in [6.07, 6.45) is 9.59. The van der Waals surface area contributed by atoms with Crippen LogP contribution in [0.5, 0.6) is 0 Å². The van der Waals surface area contributed by atoms with Crippen molar-refractivity contribution in [1.82, 2.24) is 5.32 Å². The summed E-state index contributed by atoms with van der Waals surface area (Å²) in [5, 5.41) is 30.8. The summed E-state index contributed by atoms with van der Waals surface area (Å²) in [4.78, 5) is 11.4. The van der Waals surface area contributed by atoms with Crippen LogP contribution in [0.1, 0.15) is 92.4 Å². The number of amides is 1. The molecule has 0 saturated heterocycles. The van der Waals surface area contributed by atoms with E-state index in [1.165, 1.54) is 0 Å². The number of halogens is 3. The molecule has 0 aliphatic carbocycles. The Morgan fingerprint density at radius 3 is 2.11 bits per heavy atom. The highest BCUT2D eigenvalue weighted by atomic mass is 19.4. The molecule has 0 aromatic heterocycles. The molecule has 0 aromatic rings. The number of carbonyl (C=O) groups excluding carboxylic acids is 1. The topological polar surface area (TPSA) is 89.8 Å². The zero-order chi connectivity index (χ0) is 27.5. The quantitative estimate of drug-likeness (QED) is 0.0972. The van der Waals surface area contributed by atoms with Crippen LogP contribution >= 0.6 is 0 Å². The van der Waals surface area contributed by atoms with Gasteiger partial charge in [0.1, 0.15) is 11.5 Å². The number of hydrogen-bond acceptors (Lipinski definition) is 4. The standard InChI is InChI=1S/C23H36F3NO4.2C2H6/c1-19(12-7-4-5-9-16-23(24,25)26)11-6-2-3-8-13-20(29)21(30)14-10-15-22(31)27-17-18-28;2*1-2/h3,6-8,11-12,19,28-30H,2,4-5,9-10,13-18H2,1H3,(H,27,31);2*1-2H3/b8-3-,11-6-,12-7-,21-20-;;. The van der Waals surface area contributed by atoms with Gasteiger partial charge in [-0.2, -0.15) is 13.2 Å². The van der Waals surface area contributed by atoms with E-state index in [9.17, 15) is 28.2 Å². The first-order valence-corrected chi connectivity index (χ1v) is 12.7. The lowest BCUT2D eigenvalue weighted by molar-refractivity contribution is -0.135. The third-order valence-corrected chi connectivity index (χ3v) is 4.29. The first-order chi connectivity index (χ1) is 16.7. The van der Waals surface area contributed by atoms with Crippen LogP contribution in [0.2, 0.25) is 0 Å². The Balaban J connectivity index is -0.00000242. The predicted octanol–water partition coefficient (Wildman–Crippen LogP) is 7.85. The molecule has 0 spiro atoms. The van der Waals surface area contributed by atoms with Crippen molar-refractivity contribution in [3.05, 3.63) is 48.0 Å². The van der Waals surface area contributed by atoms with Gasteiger partial charge in [0, 0.05) is 32.2 Å². The number of nitrogens with one attached hydrogen (secondary N) is 1. The molecule has 0 rings (SSSR count). The summed E-state index contributed by atoms with van der Waals surface area (Å²) in [6.45, 7) is 10.1. The molecule has 4 N–H and O–H groups in total. The Hall–Kier alpha value is -2.22. The van der Waals surface area contributed by atoms with E-state index >= 15 is 0 Å². The fraction of sp³-hybridized carbons (Fsp3) is 0.667. The summed E-state index contributed by atoms with van der Waals surface area (Å²) in [5.74, 6) is -0.288. The van der Waals surface area contributed by atoms with E-state index < -0.39 is 12.6 Å². The molecule has 1 amide bonds. The number of hydrogen-bond donors (Lipinski definition) is 4. The Bertz CT molecular complexity index is 612. The van der Waals surface area contributed by atoms with Gasteiger partial charge in [0.2, 0.25) is 5.91 Å². The molecule has 0 bridgehead atoms. The van der Waals surface area contributed by atoms with Crippen LogP contribution in [-0.4, -0.2) is 40.6 Å². The maximum atomic E-state index is 12.0. The number of aliphatic hydroxyl groups is 3. The molecule has 5 nitrogen and oxygen atoms in total. The molecule has 35 heavy (non-hydrogen) atoms. The maximum Gasteiger partial charge on any atom is 0.389 e. The van der Waals surface area contributed by atoms with Crippen LogP contribution < -0.4 is 5.32 Å². The highest BCUT2D eigenvalue weighted by molar-refractivity contribution is 5.75. The molecule has 0 aromatic carbocycles. The number of unbranched alkanes of at least 4 members (excludes halogenated alkanes) is 2. The van der Waals surface area contributed by atoms with E-state index in [-0.39, 0.29) is 62.2 Å². The molecule has 0 saturated carbocycles. The maximum absolute atomic E-state index is 12.0. The summed E-state index contributed by atoms with van der Waals surface area (Å²) in [6, 6.07) is 0. The molecule has 0 aliphatic heterocycles. The molecule has 0 heterocycles. The van der Waals surface area contributed by atoms with Crippen LogP contribution in [0, 0.1) is 5.92 Å². The zero-order valence-electron chi connectivity index (χ0n) is 22.2. The summed E-state index contributed by atoms with van der Waals surface area (Å²) < 4.78 is 36.1. The van der Waals surface area contributed by atoms with Crippen LogP contribution in [0.3, 0.4) is 0 Å². The fourth-order valence-corrected chi connectivity index (χ4v) is 2.59. The average molecular weight is 508 g/mol. The van der Waals surface area contributed by atoms with Crippen molar-refractivity contribution in [2.24, 2.45) is 5.92 Å². The number of rotatable bonds is 16. The van der Waals surface area contributed by atoms with Gasteiger partial charge in [0.25, 0.3) is 0 Å². The molecule has 0 fully saturated rings.